The average Bonchev–Trinajstić information content (AvgIpc) is 2.72. The van der Waals surface area contributed by atoms with Crippen LogP contribution in [0.25, 0.3) is 11.3 Å². The molecule has 9 nitrogen and oxygen atoms in total. The van der Waals surface area contributed by atoms with Gasteiger partial charge in [0.1, 0.15) is 23.9 Å². The molecule has 0 radical (unpaired) electrons. The summed E-state index contributed by atoms with van der Waals surface area (Å²) in [5, 5.41) is 14.8. The Bertz CT molecular complexity index is 944. The van der Waals surface area contributed by atoms with E-state index in [0.29, 0.717) is 28.7 Å². The van der Waals surface area contributed by atoms with Gasteiger partial charge in [0, 0.05) is 47.9 Å². The van der Waals surface area contributed by atoms with Crippen molar-refractivity contribution in [1.29, 1.82) is 0 Å². The smallest absolute Gasteiger partial charge is 0.322 e. The lowest BCUT2D eigenvalue weighted by Gasteiger charge is -2.12. The number of benzene rings is 1. The van der Waals surface area contributed by atoms with Crippen molar-refractivity contribution >= 4 is 23.4 Å². The summed E-state index contributed by atoms with van der Waals surface area (Å²) in [6.07, 6.45) is 3.31. The van der Waals surface area contributed by atoms with E-state index in [1.807, 2.05) is 12.1 Å². The summed E-state index contributed by atoms with van der Waals surface area (Å²) in [5.74, 6) is 0.896. The molecule has 2 aromatic heterocycles. The maximum Gasteiger partial charge on any atom is 0.322 e. The van der Waals surface area contributed by atoms with Crippen LogP contribution in [0.1, 0.15) is 0 Å². The maximum absolute atomic E-state index is 10.9. The van der Waals surface area contributed by atoms with Crippen LogP contribution in [0, 0.1) is 0 Å². The third kappa shape index (κ3) is 4.85. The van der Waals surface area contributed by atoms with Crippen LogP contribution in [0.3, 0.4) is 0 Å². The molecule has 144 valence electrons. The number of nitrogens with one attached hydrogen (secondary N) is 2. The summed E-state index contributed by atoms with van der Waals surface area (Å²) in [5.41, 5.74) is 2.13. The molecule has 0 bridgehead atoms. The molecule has 0 atom stereocenters. The first-order chi connectivity index (χ1) is 13.6. The van der Waals surface area contributed by atoms with Gasteiger partial charge in [-0.15, -0.1) is 0 Å². The van der Waals surface area contributed by atoms with Crippen LogP contribution in [0.5, 0.6) is 11.5 Å². The maximum atomic E-state index is 10.9. The van der Waals surface area contributed by atoms with Crippen LogP contribution in [0.15, 0.2) is 48.8 Å². The molecule has 3 N–H and O–H groups in total. The molecule has 2 heterocycles. The molecule has 9 heteroatoms. The van der Waals surface area contributed by atoms with Crippen LogP contribution in [0.4, 0.5) is 17.5 Å². The van der Waals surface area contributed by atoms with E-state index in [-0.39, 0.29) is 12.5 Å². The van der Waals surface area contributed by atoms with Crippen LogP contribution in [-0.2, 0) is 4.79 Å². The van der Waals surface area contributed by atoms with Crippen molar-refractivity contribution in [3.05, 3.63) is 48.8 Å². The number of aliphatic carboxylic acids is 1. The summed E-state index contributed by atoms with van der Waals surface area (Å²) >= 11 is 0. The fourth-order valence-electron chi connectivity index (χ4n) is 2.44. The van der Waals surface area contributed by atoms with Crippen molar-refractivity contribution in [3.8, 4) is 22.8 Å². The molecule has 0 fully saturated rings. The average molecular weight is 381 g/mol. The monoisotopic (exact) mass is 381 g/mol. The van der Waals surface area contributed by atoms with Gasteiger partial charge < -0.3 is 25.2 Å². The number of nitrogens with zero attached hydrogens (tertiary/aromatic N) is 3. The highest BCUT2D eigenvalue weighted by atomic mass is 16.5. The number of hydrogen-bond donors (Lipinski definition) is 3. The number of ether oxygens (including phenoxy) is 2. The zero-order chi connectivity index (χ0) is 19.9. The predicted octanol–water partition coefficient (Wildman–Crippen LogP) is 2.80. The van der Waals surface area contributed by atoms with Crippen molar-refractivity contribution in [3.63, 3.8) is 0 Å². The van der Waals surface area contributed by atoms with E-state index in [0.717, 1.165) is 5.56 Å². The molecule has 3 aromatic rings. The van der Waals surface area contributed by atoms with Gasteiger partial charge in [0.25, 0.3) is 0 Å². The minimum absolute atomic E-state index is 0.189. The van der Waals surface area contributed by atoms with Gasteiger partial charge in [-0.2, -0.15) is 4.98 Å². The second-order valence-electron chi connectivity index (χ2n) is 5.67. The fourth-order valence-corrected chi connectivity index (χ4v) is 2.44. The number of hydrogen-bond acceptors (Lipinski definition) is 8. The van der Waals surface area contributed by atoms with Gasteiger partial charge in [-0.25, -0.2) is 4.98 Å². The number of anilines is 3. The van der Waals surface area contributed by atoms with E-state index in [1.54, 1.807) is 50.9 Å². The molecule has 0 unspecified atom stereocenters. The van der Waals surface area contributed by atoms with Gasteiger partial charge in [-0.3, -0.25) is 9.78 Å². The molecule has 3 rings (SSSR count). The van der Waals surface area contributed by atoms with Gasteiger partial charge in [0.05, 0.1) is 19.9 Å². The molecule has 0 saturated carbocycles. The highest BCUT2D eigenvalue weighted by molar-refractivity contribution is 5.73. The predicted molar refractivity (Wildman–Crippen MR) is 104 cm³/mol. The Morgan fingerprint density at radius 3 is 2.32 bits per heavy atom. The summed E-state index contributed by atoms with van der Waals surface area (Å²) in [4.78, 5) is 23.6. The number of pyridine rings is 1. The normalized spacial score (nSPS) is 10.2. The van der Waals surface area contributed by atoms with E-state index < -0.39 is 5.97 Å². The minimum Gasteiger partial charge on any atom is -0.497 e. The van der Waals surface area contributed by atoms with E-state index in [2.05, 4.69) is 25.6 Å². The number of rotatable bonds is 8. The topological polar surface area (TPSA) is 118 Å². The van der Waals surface area contributed by atoms with Crippen LogP contribution < -0.4 is 20.1 Å². The Morgan fingerprint density at radius 1 is 1.04 bits per heavy atom. The van der Waals surface area contributed by atoms with Crippen molar-refractivity contribution < 1.29 is 19.4 Å². The number of carbonyl (C=O) groups is 1. The first-order valence-corrected chi connectivity index (χ1v) is 8.32. The lowest BCUT2D eigenvalue weighted by Crippen LogP contribution is -2.15. The number of methoxy groups -OCH3 is 2. The molecule has 0 aliphatic rings. The van der Waals surface area contributed by atoms with Crippen LogP contribution in [0.2, 0.25) is 0 Å². The lowest BCUT2D eigenvalue weighted by molar-refractivity contribution is -0.134. The third-order valence-corrected chi connectivity index (χ3v) is 3.72. The fraction of sp³-hybridized carbons (Fsp3) is 0.158. The van der Waals surface area contributed by atoms with E-state index in [1.165, 1.54) is 0 Å². The first-order valence-electron chi connectivity index (χ1n) is 8.32. The number of carboxylic acid groups (broad SMARTS) is 1. The highest BCUT2D eigenvalue weighted by Gasteiger charge is 2.10. The SMILES string of the molecule is COc1cc(Nc2cc(-c3ccncc3)nc(NCC(=O)O)n2)cc(OC)c1. The van der Waals surface area contributed by atoms with E-state index in [4.69, 9.17) is 14.6 Å². The van der Waals surface area contributed by atoms with Crippen molar-refractivity contribution in [2.45, 2.75) is 0 Å². The molecular formula is C19H19N5O4. The molecule has 0 saturated heterocycles. The number of carboxylic acids is 1. The summed E-state index contributed by atoms with van der Waals surface area (Å²) in [7, 11) is 3.14. The first kappa shape index (κ1) is 18.9. The number of aromatic nitrogens is 3. The Labute approximate surface area is 161 Å². The van der Waals surface area contributed by atoms with Gasteiger partial charge >= 0.3 is 5.97 Å². The standard InChI is InChI=1S/C19H19N5O4/c1-27-14-7-13(8-15(9-14)28-2)22-17-10-16(12-3-5-20-6-4-12)23-19(24-17)21-11-18(25)26/h3-10H,11H2,1-2H3,(H,25,26)(H2,21,22,23,24). The molecule has 0 aliphatic heterocycles. The quantitative estimate of drug-likeness (QED) is 0.541. The van der Waals surface area contributed by atoms with Crippen molar-refractivity contribution in [2.24, 2.45) is 0 Å². The Hall–Kier alpha value is -3.88. The zero-order valence-corrected chi connectivity index (χ0v) is 15.3. The van der Waals surface area contributed by atoms with E-state index >= 15 is 0 Å². The van der Waals surface area contributed by atoms with Gasteiger partial charge in [-0.1, -0.05) is 0 Å². The zero-order valence-electron chi connectivity index (χ0n) is 15.3. The molecule has 0 spiro atoms. The minimum atomic E-state index is -1.01. The summed E-state index contributed by atoms with van der Waals surface area (Å²) < 4.78 is 10.6. The lowest BCUT2D eigenvalue weighted by atomic mass is 10.2. The Kier molecular flexibility index (Phi) is 5.85. The summed E-state index contributed by atoms with van der Waals surface area (Å²) in [6.45, 7) is -0.299. The van der Waals surface area contributed by atoms with Gasteiger partial charge in [0.2, 0.25) is 5.95 Å². The highest BCUT2D eigenvalue weighted by Crippen LogP contribution is 2.29. The van der Waals surface area contributed by atoms with Crippen molar-refractivity contribution in [1.82, 2.24) is 15.0 Å². The van der Waals surface area contributed by atoms with E-state index in [9.17, 15) is 4.79 Å². The molecule has 28 heavy (non-hydrogen) atoms. The Balaban J connectivity index is 1.97. The van der Waals surface area contributed by atoms with Gasteiger partial charge in [0.15, 0.2) is 0 Å². The molecular weight excluding hydrogens is 362 g/mol. The van der Waals surface area contributed by atoms with Crippen LogP contribution >= 0.6 is 0 Å². The third-order valence-electron chi connectivity index (χ3n) is 3.72. The second-order valence-corrected chi connectivity index (χ2v) is 5.67. The largest absolute Gasteiger partial charge is 0.497 e. The molecule has 0 aliphatic carbocycles. The molecule has 0 amide bonds. The summed E-state index contributed by atoms with van der Waals surface area (Å²) in [6, 6.07) is 10.7. The van der Waals surface area contributed by atoms with Gasteiger partial charge in [-0.05, 0) is 12.1 Å². The molecule has 1 aromatic carbocycles. The van der Waals surface area contributed by atoms with Crippen molar-refractivity contribution in [2.75, 3.05) is 31.4 Å². The van der Waals surface area contributed by atoms with Crippen LogP contribution in [-0.4, -0.2) is 46.8 Å². The second kappa shape index (κ2) is 8.67. The Morgan fingerprint density at radius 2 is 1.71 bits per heavy atom.